The van der Waals surface area contributed by atoms with E-state index in [1.807, 2.05) is 0 Å². The smallest absolute Gasteiger partial charge is 0.270 e. The largest absolute Gasteiger partial charge is 0.491 e. The number of ether oxygens (including phenoxy) is 1. The zero-order valence-corrected chi connectivity index (χ0v) is 5.36. The molecule has 3 nitrogen and oxygen atoms in total. The van der Waals surface area contributed by atoms with Crippen molar-refractivity contribution in [3.05, 3.63) is 25.5 Å². The lowest BCUT2D eigenvalue weighted by molar-refractivity contribution is 0.405. The van der Waals surface area contributed by atoms with Crippen molar-refractivity contribution in [1.29, 1.82) is 0 Å². The molecule has 4 heteroatoms. The van der Waals surface area contributed by atoms with Crippen molar-refractivity contribution in [2.45, 2.75) is 0 Å². The zero-order valence-electron chi connectivity index (χ0n) is 4.60. The van der Waals surface area contributed by atoms with Gasteiger partial charge in [-0.15, -0.1) is 0 Å². The summed E-state index contributed by atoms with van der Waals surface area (Å²) in [5.74, 6) is -0.0262. The predicted octanol–water partition coefficient (Wildman–Crippen LogP) is -0.0554. The van der Waals surface area contributed by atoms with Crippen molar-refractivity contribution in [2.24, 2.45) is 0 Å². The molecule has 0 radical (unpaired) electrons. The third-order valence-electron chi connectivity index (χ3n) is 1.02. The Balaban J connectivity index is 3.25. The Kier molecular flexibility index (Phi) is 1.29. The van der Waals surface area contributed by atoms with Crippen molar-refractivity contribution < 1.29 is 4.74 Å². The van der Waals surface area contributed by atoms with Crippen molar-refractivity contribution in [3.63, 3.8) is 0 Å². The Morgan fingerprint density at radius 1 is 1.33 bits per heavy atom. The summed E-state index contributed by atoms with van der Waals surface area (Å²) in [6.07, 6.45) is 0. The van der Waals surface area contributed by atoms with Crippen LogP contribution < -0.4 is 15.6 Å². The molecule has 0 bridgehead atoms. The summed E-state index contributed by atoms with van der Waals surface area (Å²) in [4.78, 5) is 20.7. The van der Waals surface area contributed by atoms with Crippen LogP contribution in [0.1, 0.15) is 0 Å². The monoisotopic (exact) mass is 146 g/mol. The van der Waals surface area contributed by atoms with Crippen LogP contribution in [0.2, 0.25) is 5.02 Å². The standard InChI is InChI=1S/C5H3ClO3/c1-9-5-2(6)3(7)4(5)8/h1H3. The van der Waals surface area contributed by atoms with Crippen molar-refractivity contribution in [1.82, 2.24) is 0 Å². The Morgan fingerprint density at radius 2 is 1.89 bits per heavy atom. The lowest BCUT2D eigenvalue weighted by atomic mass is 10.3. The first-order valence-corrected chi connectivity index (χ1v) is 2.59. The number of halogens is 1. The fourth-order valence-corrected chi connectivity index (χ4v) is 0.774. The van der Waals surface area contributed by atoms with Gasteiger partial charge in [-0.3, -0.25) is 9.59 Å². The van der Waals surface area contributed by atoms with Crippen LogP contribution in [0, 0.1) is 0 Å². The summed E-state index contributed by atoms with van der Waals surface area (Å²) in [5, 5.41) is -0.0949. The van der Waals surface area contributed by atoms with E-state index in [0.717, 1.165) is 0 Å². The van der Waals surface area contributed by atoms with Crippen LogP contribution in [0.25, 0.3) is 0 Å². The third kappa shape index (κ3) is 0.650. The molecule has 0 aliphatic rings. The fraction of sp³-hybridized carbons (Fsp3) is 0.200. The van der Waals surface area contributed by atoms with Gasteiger partial charge >= 0.3 is 0 Å². The maximum absolute atomic E-state index is 10.4. The van der Waals surface area contributed by atoms with E-state index < -0.39 is 10.9 Å². The van der Waals surface area contributed by atoms with Crippen LogP contribution in [0.3, 0.4) is 0 Å². The van der Waals surface area contributed by atoms with E-state index in [1.165, 1.54) is 7.11 Å². The second-order valence-corrected chi connectivity index (χ2v) is 1.88. The van der Waals surface area contributed by atoms with Crippen molar-refractivity contribution in [3.8, 4) is 5.75 Å². The molecule has 0 aliphatic heterocycles. The first-order chi connectivity index (χ1) is 4.18. The fourth-order valence-electron chi connectivity index (χ4n) is 0.525. The second kappa shape index (κ2) is 1.84. The molecule has 1 rings (SSSR count). The molecule has 0 atom stereocenters. The molecule has 48 valence electrons. The Morgan fingerprint density at radius 3 is 2.11 bits per heavy atom. The molecule has 0 fully saturated rings. The van der Waals surface area contributed by atoms with Gasteiger partial charge in [0.25, 0.3) is 10.9 Å². The quantitative estimate of drug-likeness (QED) is 0.522. The molecular weight excluding hydrogens is 144 g/mol. The van der Waals surface area contributed by atoms with Crippen LogP contribution in [0.5, 0.6) is 5.75 Å². The second-order valence-electron chi connectivity index (χ2n) is 1.51. The molecule has 0 heterocycles. The van der Waals surface area contributed by atoms with Crippen molar-refractivity contribution in [2.75, 3.05) is 7.11 Å². The minimum atomic E-state index is -0.659. The number of hydrogen-bond donors (Lipinski definition) is 0. The van der Waals surface area contributed by atoms with E-state index in [4.69, 9.17) is 11.6 Å². The van der Waals surface area contributed by atoms with Gasteiger partial charge in [0.1, 0.15) is 5.02 Å². The topological polar surface area (TPSA) is 43.4 Å². The van der Waals surface area contributed by atoms with Gasteiger partial charge in [0.2, 0.25) is 0 Å². The molecule has 0 unspecified atom stereocenters. The summed E-state index contributed by atoms with van der Waals surface area (Å²) in [7, 11) is 1.29. The van der Waals surface area contributed by atoms with Crippen LogP contribution in [-0.4, -0.2) is 7.11 Å². The average Bonchev–Trinajstić information content (AvgIpc) is 1.89. The SMILES string of the molecule is COc1c(Cl)c(=O)c1=O. The predicted molar refractivity (Wildman–Crippen MR) is 32.9 cm³/mol. The summed E-state index contributed by atoms with van der Waals surface area (Å²) >= 11 is 5.24. The van der Waals surface area contributed by atoms with E-state index in [9.17, 15) is 9.59 Å². The van der Waals surface area contributed by atoms with Gasteiger partial charge in [0, 0.05) is 0 Å². The molecule has 0 N–H and O–H groups in total. The first-order valence-electron chi connectivity index (χ1n) is 2.21. The van der Waals surface area contributed by atoms with Gasteiger partial charge in [0.05, 0.1) is 7.11 Å². The van der Waals surface area contributed by atoms with Gasteiger partial charge < -0.3 is 4.74 Å². The van der Waals surface area contributed by atoms with E-state index in [2.05, 4.69) is 4.74 Å². The molecule has 0 amide bonds. The Hall–Kier alpha value is -0.830. The van der Waals surface area contributed by atoms with Crippen molar-refractivity contribution >= 4 is 11.6 Å². The maximum atomic E-state index is 10.4. The summed E-state index contributed by atoms with van der Waals surface area (Å²) in [5.41, 5.74) is -1.30. The van der Waals surface area contributed by atoms with E-state index in [-0.39, 0.29) is 10.8 Å². The molecule has 1 aromatic rings. The Labute approximate surface area is 55.5 Å². The summed E-state index contributed by atoms with van der Waals surface area (Å²) in [6.45, 7) is 0. The minimum absolute atomic E-state index is 0.0262. The molecule has 0 saturated carbocycles. The highest BCUT2D eigenvalue weighted by molar-refractivity contribution is 6.32. The van der Waals surface area contributed by atoms with Crippen LogP contribution in [0.4, 0.5) is 0 Å². The van der Waals surface area contributed by atoms with Gasteiger partial charge in [-0.25, -0.2) is 0 Å². The van der Waals surface area contributed by atoms with Crippen LogP contribution >= 0.6 is 11.6 Å². The highest BCUT2D eigenvalue weighted by atomic mass is 35.5. The number of methoxy groups -OCH3 is 1. The average molecular weight is 147 g/mol. The summed E-state index contributed by atoms with van der Waals surface area (Å²) in [6, 6.07) is 0. The maximum Gasteiger partial charge on any atom is 0.270 e. The highest BCUT2D eigenvalue weighted by Gasteiger charge is 2.18. The van der Waals surface area contributed by atoms with Gasteiger partial charge in [-0.2, -0.15) is 0 Å². The summed E-state index contributed by atoms with van der Waals surface area (Å²) < 4.78 is 4.46. The molecule has 9 heavy (non-hydrogen) atoms. The molecule has 1 aromatic carbocycles. The molecule has 0 aromatic heterocycles. The van der Waals surface area contributed by atoms with E-state index in [1.54, 1.807) is 0 Å². The van der Waals surface area contributed by atoms with Crippen LogP contribution in [-0.2, 0) is 0 Å². The zero-order chi connectivity index (χ0) is 7.02. The number of hydrogen-bond acceptors (Lipinski definition) is 3. The lowest BCUT2D eigenvalue weighted by Crippen LogP contribution is -2.32. The van der Waals surface area contributed by atoms with Gasteiger partial charge in [-0.1, -0.05) is 11.6 Å². The third-order valence-corrected chi connectivity index (χ3v) is 1.36. The van der Waals surface area contributed by atoms with E-state index >= 15 is 0 Å². The lowest BCUT2D eigenvalue weighted by Gasteiger charge is -2.00. The van der Waals surface area contributed by atoms with Gasteiger partial charge in [-0.05, 0) is 0 Å². The first kappa shape index (κ1) is 6.29. The molecule has 0 saturated heterocycles. The minimum Gasteiger partial charge on any atom is -0.491 e. The molecule has 0 aliphatic carbocycles. The van der Waals surface area contributed by atoms with Gasteiger partial charge in [0.15, 0.2) is 5.75 Å². The normalized spacial score (nSPS) is 10.0. The number of rotatable bonds is 1. The van der Waals surface area contributed by atoms with E-state index in [0.29, 0.717) is 0 Å². The molecular formula is C5H3ClO3. The Bertz CT molecular complexity index is 295. The van der Waals surface area contributed by atoms with Crippen LogP contribution in [0.15, 0.2) is 9.59 Å². The molecule has 0 spiro atoms. The highest BCUT2D eigenvalue weighted by Crippen LogP contribution is 2.15.